The summed E-state index contributed by atoms with van der Waals surface area (Å²) in [7, 11) is 0. The molecule has 1 N–H and O–H groups in total. The Balaban J connectivity index is 1.53. The highest BCUT2D eigenvalue weighted by Gasteiger charge is 2.37. The summed E-state index contributed by atoms with van der Waals surface area (Å²) in [5, 5.41) is 10.0. The molecule has 5 aromatic rings. The summed E-state index contributed by atoms with van der Waals surface area (Å²) in [6.45, 7) is 6.68. The Morgan fingerprint density at radius 2 is 1.14 bits per heavy atom. The number of hydrogen-bond acceptors (Lipinski definition) is 1. The maximum atomic E-state index is 10.0. The second kappa shape index (κ2) is 7.99. The first-order chi connectivity index (χ1) is 16.9. The van der Waals surface area contributed by atoms with Crippen LogP contribution in [0.2, 0.25) is 0 Å². The topological polar surface area (TPSA) is 20.2 Å². The van der Waals surface area contributed by atoms with E-state index in [-0.39, 0.29) is 5.41 Å². The second-order valence-electron chi connectivity index (χ2n) is 10.1. The Morgan fingerprint density at radius 3 is 1.83 bits per heavy atom. The van der Waals surface area contributed by atoms with Crippen molar-refractivity contribution in [3.05, 3.63) is 126 Å². The fourth-order valence-electron chi connectivity index (χ4n) is 5.61. The van der Waals surface area contributed by atoms with Crippen molar-refractivity contribution in [2.75, 3.05) is 0 Å². The summed E-state index contributed by atoms with van der Waals surface area (Å²) in [6, 6.07) is 38.7. The molecule has 6 rings (SSSR count). The molecule has 1 nitrogen and oxygen atoms in total. The molecule has 1 aliphatic carbocycles. The van der Waals surface area contributed by atoms with Crippen LogP contribution >= 0.6 is 0 Å². The molecule has 170 valence electrons. The number of rotatable bonds is 3. The summed E-state index contributed by atoms with van der Waals surface area (Å²) < 4.78 is 0. The molecule has 0 heterocycles. The van der Waals surface area contributed by atoms with Crippen molar-refractivity contribution in [2.45, 2.75) is 26.2 Å². The molecule has 5 aromatic carbocycles. The van der Waals surface area contributed by atoms with Gasteiger partial charge in [0.25, 0.3) is 0 Å². The van der Waals surface area contributed by atoms with E-state index >= 15 is 0 Å². The second-order valence-corrected chi connectivity index (χ2v) is 10.1. The highest BCUT2D eigenvalue weighted by molar-refractivity contribution is 5.95. The highest BCUT2D eigenvalue weighted by atomic mass is 16.3. The van der Waals surface area contributed by atoms with E-state index in [0.717, 1.165) is 16.7 Å². The molecule has 0 atom stereocenters. The van der Waals surface area contributed by atoms with Gasteiger partial charge in [-0.25, -0.2) is 0 Å². The third kappa shape index (κ3) is 3.56. The van der Waals surface area contributed by atoms with E-state index in [4.69, 9.17) is 0 Å². The SMILES string of the molecule is Cc1cc(O)cc(-c2ccc(-c3cc(-c4ccccc4)c4c(c3)C(C)(C)c3ccccc3-4)cc2)c1. The van der Waals surface area contributed by atoms with Crippen molar-refractivity contribution in [1.29, 1.82) is 0 Å². The van der Waals surface area contributed by atoms with Gasteiger partial charge < -0.3 is 5.11 Å². The normalized spacial score (nSPS) is 13.3. The number of phenols is 1. The van der Waals surface area contributed by atoms with Gasteiger partial charge in [0, 0.05) is 5.41 Å². The van der Waals surface area contributed by atoms with E-state index < -0.39 is 0 Å². The van der Waals surface area contributed by atoms with Crippen LogP contribution < -0.4 is 0 Å². The van der Waals surface area contributed by atoms with Crippen molar-refractivity contribution in [1.82, 2.24) is 0 Å². The predicted octanol–water partition coefficient (Wildman–Crippen LogP) is 9.01. The maximum Gasteiger partial charge on any atom is 0.116 e. The van der Waals surface area contributed by atoms with Gasteiger partial charge >= 0.3 is 0 Å². The summed E-state index contributed by atoms with van der Waals surface area (Å²) in [6.07, 6.45) is 0. The zero-order valence-corrected chi connectivity index (χ0v) is 20.3. The molecule has 0 saturated carbocycles. The number of hydrogen-bond donors (Lipinski definition) is 1. The van der Waals surface area contributed by atoms with Crippen LogP contribution in [0.15, 0.2) is 109 Å². The van der Waals surface area contributed by atoms with Gasteiger partial charge in [0.15, 0.2) is 0 Å². The van der Waals surface area contributed by atoms with Crippen LogP contribution in [0.1, 0.15) is 30.5 Å². The largest absolute Gasteiger partial charge is 0.508 e. The Labute approximate surface area is 207 Å². The van der Waals surface area contributed by atoms with E-state index in [1.54, 1.807) is 6.07 Å². The first kappa shape index (κ1) is 21.4. The molecule has 0 spiro atoms. The quantitative estimate of drug-likeness (QED) is 0.289. The van der Waals surface area contributed by atoms with Gasteiger partial charge in [0.05, 0.1) is 0 Å². The molecule has 0 aliphatic heterocycles. The van der Waals surface area contributed by atoms with Gasteiger partial charge in [-0.15, -0.1) is 0 Å². The van der Waals surface area contributed by atoms with Gasteiger partial charge in [-0.3, -0.25) is 0 Å². The average Bonchev–Trinajstić information content (AvgIpc) is 3.10. The molecular weight excluding hydrogens is 424 g/mol. The molecule has 0 fully saturated rings. The van der Waals surface area contributed by atoms with Gasteiger partial charge in [0.1, 0.15) is 5.75 Å². The lowest BCUT2D eigenvalue weighted by atomic mass is 9.80. The monoisotopic (exact) mass is 452 g/mol. The molecule has 0 bridgehead atoms. The Hall–Kier alpha value is -4.10. The van der Waals surface area contributed by atoms with Crippen LogP contribution in [0.25, 0.3) is 44.5 Å². The Kier molecular flexibility index (Phi) is 4.89. The first-order valence-electron chi connectivity index (χ1n) is 12.2. The number of phenolic OH excluding ortho intramolecular Hbond substituents is 1. The molecule has 0 saturated heterocycles. The van der Waals surface area contributed by atoms with Gasteiger partial charge in [0.2, 0.25) is 0 Å². The minimum Gasteiger partial charge on any atom is -0.508 e. The van der Waals surface area contributed by atoms with Crippen LogP contribution in [-0.2, 0) is 5.41 Å². The standard InChI is InChI=1S/C34H28O/c1-22-17-26(19-28(35)18-22)23-13-15-24(16-14-23)27-20-30(25-9-5-4-6-10-25)33-29-11-7-8-12-31(29)34(2,3)32(33)21-27/h4-21,35H,1-3H3. The summed E-state index contributed by atoms with van der Waals surface area (Å²) >= 11 is 0. The summed E-state index contributed by atoms with van der Waals surface area (Å²) in [4.78, 5) is 0. The molecular formula is C34H28O. The predicted molar refractivity (Wildman–Crippen MR) is 147 cm³/mol. The molecule has 0 radical (unpaired) electrons. The zero-order chi connectivity index (χ0) is 24.2. The van der Waals surface area contributed by atoms with Crippen molar-refractivity contribution < 1.29 is 5.11 Å². The van der Waals surface area contributed by atoms with E-state index in [1.807, 2.05) is 13.0 Å². The van der Waals surface area contributed by atoms with Gasteiger partial charge in [-0.2, -0.15) is 0 Å². The molecule has 1 aliphatic rings. The van der Waals surface area contributed by atoms with Crippen LogP contribution in [0, 0.1) is 6.92 Å². The van der Waals surface area contributed by atoms with Crippen molar-refractivity contribution in [3.63, 3.8) is 0 Å². The van der Waals surface area contributed by atoms with E-state index in [1.165, 1.54) is 44.5 Å². The first-order valence-corrected chi connectivity index (χ1v) is 12.2. The minimum absolute atomic E-state index is 0.0650. The lowest BCUT2D eigenvalue weighted by Gasteiger charge is -2.23. The van der Waals surface area contributed by atoms with Crippen LogP contribution in [0.5, 0.6) is 5.75 Å². The Morgan fingerprint density at radius 1 is 0.514 bits per heavy atom. The lowest BCUT2D eigenvalue weighted by Crippen LogP contribution is -2.15. The molecule has 35 heavy (non-hydrogen) atoms. The number of benzene rings is 5. The fraction of sp³-hybridized carbons (Fsp3) is 0.118. The Bertz CT molecular complexity index is 1540. The van der Waals surface area contributed by atoms with E-state index in [2.05, 4.69) is 111 Å². The van der Waals surface area contributed by atoms with E-state index in [9.17, 15) is 5.11 Å². The minimum atomic E-state index is -0.0650. The van der Waals surface area contributed by atoms with Crippen LogP contribution in [-0.4, -0.2) is 5.11 Å². The molecule has 1 heteroatoms. The molecule has 0 unspecified atom stereocenters. The fourth-order valence-corrected chi connectivity index (χ4v) is 5.61. The smallest absolute Gasteiger partial charge is 0.116 e. The molecule has 0 amide bonds. The number of aryl methyl sites for hydroxylation is 1. The van der Waals surface area contributed by atoms with Gasteiger partial charge in [-0.05, 0) is 92.4 Å². The van der Waals surface area contributed by atoms with E-state index in [0.29, 0.717) is 5.75 Å². The maximum absolute atomic E-state index is 10.0. The summed E-state index contributed by atoms with van der Waals surface area (Å²) in [5.74, 6) is 0.303. The van der Waals surface area contributed by atoms with Crippen LogP contribution in [0.4, 0.5) is 0 Å². The van der Waals surface area contributed by atoms with Crippen LogP contribution in [0.3, 0.4) is 0 Å². The summed E-state index contributed by atoms with van der Waals surface area (Å²) in [5.41, 5.74) is 13.5. The van der Waals surface area contributed by atoms with Gasteiger partial charge in [-0.1, -0.05) is 98.8 Å². The third-order valence-corrected chi connectivity index (χ3v) is 7.38. The van der Waals surface area contributed by atoms with Crippen molar-refractivity contribution in [3.8, 4) is 50.3 Å². The van der Waals surface area contributed by atoms with Crippen molar-refractivity contribution in [2.24, 2.45) is 0 Å². The lowest BCUT2D eigenvalue weighted by molar-refractivity contribution is 0.475. The average molecular weight is 453 g/mol. The highest BCUT2D eigenvalue weighted by Crippen LogP contribution is 2.53. The third-order valence-electron chi connectivity index (χ3n) is 7.38. The number of aromatic hydroxyl groups is 1. The van der Waals surface area contributed by atoms with Crippen molar-refractivity contribution >= 4 is 0 Å². The number of fused-ring (bicyclic) bond motifs is 3. The molecule has 0 aromatic heterocycles. The zero-order valence-electron chi connectivity index (χ0n) is 20.3.